The molecule has 4 heteroatoms. The second-order valence-electron chi connectivity index (χ2n) is 5.27. The minimum atomic E-state index is 0.135. The standard InChI is InChI=1S/C17H20BrNO2/c1-11-5-6-15(12(2)7-11)19(3)10-13-8-14(18)17(20)16(9-13)21-4/h5-9,20H,10H2,1-4H3. The lowest BCUT2D eigenvalue weighted by atomic mass is 10.1. The maximum absolute atomic E-state index is 9.86. The molecule has 2 aromatic rings. The first kappa shape index (κ1) is 15.7. The molecule has 0 bridgehead atoms. The van der Waals surface area contributed by atoms with Crippen molar-refractivity contribution in [3.05, 3.63) is 51.5 Å². The highest BCUT2D eigenvalue weighted by Gasteiger charge is 2.11. The molecule has 2 rings (SSSR count). The average molecular weight is 350 g/mol. The molecule has 0 aliphatic carbocycles. The average Bonchev–Trinajstić information content (AvgIpc) is 2.42. The van der Waals surface area contributed by atoms with Crippen LogP contribution in [0.4, 0.5) is 5.69 Å². The largest absolute Gasteiger partial charge is 0.503 e. The van der Waals surface area contributed by atoms with E-state index in [1.54, 1.807) is 7.11 Å². The van der Waals surface area contributed by atoms with E-state index in [0.29, 0.717) is 10.2 Å². The second kappa shape index (κ2) is 6.39. The first-order chi connectivity index (χ1) is 9.92. The molecule has 0 fully saturated rings. The van der Waals surface area contributed by atoms with Crippen molar-refractivity contribution in [3.8, 4) is 11.5 Å². The molecule has 0 heterocycles. The Bertz CT molecular complexity index is 655. The van der Waals surface area contributed by atoms with Crippen LogP contribution in [0.1, 0.15) is 16.7 Å². The lowest BCUT2D eigenvalue weighted by molar-refractivity contribution is 0.371. The van der Waals surface area contributed by atoms with Crippen LogP contribution in [0.3, 0.4) is 0 Å². The number of phenolic OH excluding ortho intramolecular Hbond substituents is 1. The highest BCUT2D eigenvalue weighted by Crippen LogP contribution is 2.35. The topological polar surface area (TPSA) is 32.7 Å². The van der Waals surface area contributed by atoms with Gasteiger partial charge in [-0.05, 0) is 59.1 Å². The first-order valence-corrected chi connectivity index (χ1v) is 7.55. The highest BCUT2D eigenvalue weighted by atomic mass is 79.9. The molecule has 21 heavy (non-hydrogen) atoms. The number of benzene rings is 2. The van der Waals surface area contributed by atoms with Gasteiger partial charge in [-0.3, -0.25) is 0 Å². The maximum atomic E-state index is 9.86. The Morgan fingerprint density at radius 2 is 1.90 bits per heavy atom. The Balaban J connectivity index is 2.27. The predicted octanol–water partition coefficient (Wildman–Crippen LogP) is 4.42. The van der Waals surface area contributed by atoms with Crippen LogP contribution in [-0.4, -0.2) is 19.3 Å². The van der Waals surface area contributed by atoms with E-state index in [9.17, 15) is 5.11 Å². The fourth-order valence-corrected chi connectivity index (χ4v) is 2.96. The number of aryl methyl sites for hydroxylation is 2. The van der Waals surface area contributed by atoms with Gasteiger partial charge in [-0.25, -0.2) is 0 Å². The normalized spacial score (nSPS) is 10.5. The Labute approximate surface area is 134 Å². The number of hydrogen-bond acceptors (Lipinski definition) is 3. The Hall–Kier alpha value is -1.68. The molecule has 0 aliphatic heterocycles. The molecule has 0 aromatic heterocycles. The van der Waals surface area contributed by atoms with Crippen molar-refractivity contribution in [2.45, 2.75) is 20.4 Å². The number of methoxy groups -OCH3 is 1. The minimum Gasteiger partial charge on any atom is -0.503 e. The van der Waals surface area contributed by atoms with E-state index in [4.69, 9.17) is 4.74 Å². The van der Waals surface area contributed by atoms with Gasteiger partial charge in [-0.2, -0.15) is 0 Å². The number of phenols is 1. The number of halogens is 1. The Morgan fingerprint density at radius 3 is 2.52 bits per heavy atom. The van der Waals surface area contributed by atoms with Gasteiger partial charge in [0.15, 0.2) is 11.5 Å². The summed E-state index contributed by atoms with van der Waals surface area (Å²) >= 11 is 3.36. The molecule has 0 amide bonds. The summed E-state index contributed by atoms with van der Waals surface area (Å²) in [5, 5.41) is 9.86. The summed E-state index contributed by atoms with van der Waals surface area (Å²) in [6.07, 6.45) is 0. The zero-order valence-electron chi connectivity index (χ0n) is 12.8. The van der Waals surface area contributed by atoms with Crippen molar-refractivity contribution in [2.24, 2.45) is 0 Å². The van der Waals surface area contributed by atoms with Gasteiger partial charge < -0.3 is 14.7 Å². The first-order valence-electron chi connectivity index (χ1n) is 6.76. The van der Waals surface area contributed by atoms with Crippen molar-refractivity contribution in [1.82, 2.24) is 0 Å². The van der Waals surface area contributed by atoms with Crippen molar-refractivity contribution >= 4 is 21.6 Å². The molecule has 112 valence electrons. The van der Waals surface area contributed by atoms with Crippen molar-refractivity contribution < 1.29 is 9.84 Å². The SMILES string of the molecule is COc1cc(CN(C)c2ccc(C)cc2C)cc(Br)c1O. The zero-order valence-corrected chi connectivity index (χ0v) is 14.4. The Morgan fingerprint density at radius 1 is 1.19 bits per heavy atom. The van der Waals surface area contributed by atoms with E-state index in [1.165, 1.54) is 16.8 Å². The minimum absolute atomic E-state index is 0.135. The van der Waals surface area contributed by atoms with Crippen LogP contribution in [0.15, 0.2) is 34.8 Å². The van der Waals surface area contributed by atoms with E-state index >= 15 is 0 Å². The van der Waals surface area contributed by atoms with Gasteiger partial charge in [0.2, 0.25) is 0 Å². The number of rotatable bonds is 4. The maximum Gasteiger partial charge on any atom is 0.172 e. The van der Waals surface area contributed by atoms with Gasteiger partial charge in [0.05, 0.1) is 11.6 Å². The molecule has 0 aliphatic rings. The molecule has 0 radical (unpaired) electrons. The number of nitrogens with zero attached hydrogens (tertiary/aromatic N) is 1. The van der Waals surface area contributed by atoms with E-state index in [2.05, 4.69) is 59.9 Å². The monoisotopic (exact) mass is 349 g/mol. The predicted molar refractivity (Wildman–Crippen MR) is 90.4 cm³/mol. The number of aromatic hydroxyl groups is 1. The van der Waals surface area contributed by atoms with Gasteiger partial charge >= 0.3 is 0 Å². The fourth-order valence-electron chi connectivity index (χ4n) is 2.47. The van der Waals surface area contributed by atoms with E-state index < -0.39 is 0 Å². The fraction of sp³-hybridized carbons (Fsp3) is 0.294. The van der Waals surface area contributed by atoms with Crippen molar-refractivity contribution in [2.75, 3.05) is 19.1 Å². The van der Waals surface area contributed by atoms with Gasteiger partial charge in [-0.15, -0.1) is 0 Å². The van der Waals surface area contributed by atoms with Crippen molar-refractivity contribution in [3.63, 3.8) is 0 Å². The highest BCUT2D eigenvalue weighted by molar-refractivity contribution is 9.10. The summed E-state index contributed by atoms with van der Waals surface area (Å²) in [6.45, 7) is 4.95. The van der Waals surface area contributed by atoms with Crippen LogP contribution in [0, 0.1) is 13.8 Å². The molecule has 0 unspecified atom stereocenters. The summed E-state index contributed by atoms with van der Waals surface area (Å²) in [7, 11) is 3.62. The third-order valence-corrected chi connectivity index (χ3v) is 4.10. The molecule has 0 atom stereocenters. The summed E-state index contributed by atoms with van der Waals surface area (Å²) < 4.78 is 5.84. The van der Waals surface area contributed by atoms with Crippen LogP contribution in [0.25, 0.3) is 0 Å². The lowest BCUT2D eigenvalue weighted by Gasteiger charge is -2.22. The third-order valence-electron chi connectivity index (χ3n) is 3.49. The van der Waals surface area contributed by atoms with Gasteiger partial charge in [-0.1, -0.05) is 17.7 Å². The third kappa shape index (κ3) is 3.50. The van der Waals surface area contributed by atoms with E-state index in [1.807, 2.05) is 12.1 Å². The number of ether oxygens (including phenoxy) is 1. The van der Waals surface area contributed by atoms with Crippen LogP contribution in [-0.2, 0) is 6.54 Å². The molecule has 0 saturated carbocycles. The molecule has 2 aromatic carbocycles. The lowest BCUT2D eigenvalue weighted by Crippen LogP contribution is -2.17. The van der Waals surface area contributed by atoms with Crippen LogP contribution < -0.4 is 9.64 Å². The van der Waals surface area contributed by atoms with Gasteiger partial charge in [0.1, 0.15) is 0 Å². The van der Waals surface area contributed by atoms with Gasteiger partial charge in [0, 0.05) is 19.3 Å². The van der Waals surface area contributed by atoms with Crippen LogP contribution in [0.5, 0.6) is 11.5 Å². The quantitative estimate of drug-likeness (QED) is 0.886. The molecule has 0 saturated heterocycles. The molecule has 3 nitrogen and oxygen atoms in total. The molecule has 0 spiro atoms. The number of hydrogen-bond donors (Lipinski definition) is 1. The molecule has 1 N–H and O–H groups in total. The summed E-state index contributed by atoms with van der Waals surface area (Å²) in [6, 6.07) is 10.2. The summed E-state index contributed by atoms with van der Waals surface area (Å²) in [5.41, 5.74) is 4.78. The smallest absolute Gasteiger partial charge is 0.172 e. The summed E-state index contributed by atoms with van der Waals surface area (Å²) in [4.78, 5) is 2.19. The van der Waals surface area contributed by atoms with E-state index in [0.717, 1.165) is 12.1 Å². The van der Waals surface area contributed by atoms with E-state index in [-0.39, 0.29) is 5.75 Å². The molecular weight excluding hydrogens is 330 g/mol. The summed E-state index contributed by atoms with van der Waals surface area (Å²) in [5.74, 6) is 0.615. The number of anilines is 1. The van der Waals surface area contributed by atoms with Crippen molar-refractivity contribution in [1.29, 1.82) is 0 Å². The van der Waals surface area contributed by atoms with Crippen LogP contribution >= 0.6 is 15.9 Å². The second-order valence-corrected chi connectivity index (χ2v) is 6.13. The van der Waals surface area contributed by atoms with Crippen LogP contribution in [0.2, 0.25) is 0 Å². The molecular formula is C17H20BrNO2. The van der Waals surface area contributed by atoms with Gasteiger partial charge in [0.25, 0.3) is 0 Å². The Kier molecular flexibility index (Phi) is 4.78. The zero-order chi connectivity index (χ0) is 15.6.